The Hall–Kier alpha value is -6.51. The molecule has 0 saturated carbocycles. The lowest BCUT2D eigenvalue weighted by atomic mass is 9.97. The van der Waals surface area contributed by atoms with E-state index in [0.29, 0.717) is 5.69 Å². The SMILES string of the molecule is [C-]#[N+]c1cc(-c2cccc3sc4ccccc4c23)cc2c1sc1c(-n3c4ccc(-c5ccccc5)cc4c4cc(-c5ccccc5)ccc43)cccc12. The van der Waals surface area contributed by atoms with Gasteiger partial charge >= 0.3 is 0 Å². The van der Waals surface area contributed by atoms with E-state index in [4.69, 9.17) is 6.57 Å². The van der Waals surface area contributed by atoms with Crippen molar-refractivity contribution in [2.24, 2.45) is 0 Å². The highest BCUT2D eigenvalue weighted by molar-refractivity contribution is 7.27. The van der Waals surface area contributed by atoms with Gasteiger partial charge in [-0.2, -0.15) is 0 Å². The Labute approximate surface area is 313 Å². The highest BCUT2D eigenvalue weighted by Gasteiger charge is 2.20. The molecule has 0 bridgehead atoms. The minimum absolute atomic E-state index is 0.698. The Balaban J connectivity index is 1.17. The van der Waals surface area contributed by atoms with Gasteiger partial charge in [0.25, 0.3) is 0 Å². The third kappa shape index (κ3) is 4.62. The average Bonchev–Trinajstić information content (AvgIpc) is 3.90. The van der Waals surface area contributed by atoms with Gasteiger partial charge in [-0.25, -0.2) is 4.85 Å². The summed E-state index contributed by atoms with van der Waals surface area (Å²) in [6, 6.07) is 61.3. The highest BCUT2D eigenvalue weighted by atomic mass is 32.1. The number of rotatable bonds is 4. The van der Waals surface area contributed by atoms with Crippen LogP contribution < -0.4 is 0 Å². The number of hydrogen-bond donors (Lipinski definition) is 0. The van der Waals surface area contributed by atoms with E-state index in [1.165, 1.54) is 68.8 Å². The highest BCUT2D eigenvalue weighted by Crippen LogP contribution is 2.48. The van der Waals surface area contributed by atoms with Crippen molar-refractivity contribution in [3.63, 3.8) is 0 Å². The molecule has 8 aromatic carbocycles. The maximum absolute atomic E-state index is 8.34. The lowest BCUT2D eigenvalue weighted by Gasteiger charge is -2.10. The Morgan fingerprint density at radius 2 is 1.02 bits per heavy atom. The van der Waals surface area contributed by atoms with Crippen LogP contribution in [0.15, 0.2) is 170 Å². The fourth-order valence-electron chi connectivity index (χ4n) is 8.20. The van der Waals surface area contributed by atoms with Gasteiger partial charge in [0.1, 0.15) is 0 Å². The van der Waals surface area contributed by atoms with Crippen LogP contribution in [0.25, 0.3) is 106 Å². The van der Waals surface area contributed by atoms with Crippen LogP contribution in [0.4, 0.5) is 5.69 Å². The lowest BCUT2D eigenvalue weighted by Crippen LogP contribution is -1.94. The predicted octanol–water partition coefficient (Wildman–Crippen LogP) is 15.1. The number of fused-ring (bicyclic) bond motifs is 9. The van der Waals surface area contributed by atoms with Gasteiger partial charge in [-0.1, -0.05) is 115 Å². The van der Waals surface area contributed by atoms with Crippen molar-refractivity contribution in [3.05, 3.63) is 181 Å². The third-order valence-electron chi connectivity index (χ3n) is 10.6. The first-order valence-electron chi connectivity index (χ1n) is 17.7. The summed E-state index contributed by atoms with van der Waals surface area (Å²) in [7, 11) is 0. The van der Waals surface area contributed by atoms with Crippen molar-refractivity contribution in [1.82, 2.24) is 4.57 Å². The molecule has 0 aliphatic carbocycles. The molecule has 0 amide bonds. The molecular formula is C49H28N2S2. The zero-order valence-corrected chi connectivity index (χ0v) is 30.0. The van der Waals surface area contributed by atoms with Gasteiger partial charge < -0.3 is 4.57 Å². The molecule has 0 unspecified atom stereocenters. The van der Waals surface area contributed by atoms with Crippen LogP contribution in [-0.2, 0) is 0 Å². The van der Waals surface area contributed by atoms with Crippen molar-refractivity contribution in [2.45, 2.75) is 0 Å². The van der Waals surface area contributed by atoms with Crippen molar-refractivity contribution >= 4 is 90.5 Å². The van der Waals surface area contributed by atoms with E-state index in [9.17, 15) is 0 Å². The van der Waals surface area contributed by atoms with E-state index in [1.807, 2.05) is 11.3 Å². The smallest absolute Gasteiger partial charge is 0.205 e. The third-order valence-corrected chi connectivity index (χ3v) is 13.0. The van der Waals surface area contributed by atoms with Gasteiger partial charge in [-0.3, -0.25) is 0 Å². The van der Waals surface area contributed by atoms with Gasteiger partial charge in [0.15, 0.2) is 0 Å². The first-order chi connectivity index (χ1) is 26.2. The zero-order chi connectivity index (χ0) is 35.0. The second-order valence-electron chi connectivity index (χ2n) is 13.5. The molecule has 2 nitrogen and oxygen atoms in total. The minimum Gasteiger partial charge on any atom is -0.308 e. The summed E-state index contributed by atoms with van der Waals surface area (Å²) >= 11 is 3.56. The average molecular weight is 709 g/mol. The summed E-state index contributed by atoms with van der Waals surface area (Å²) in [5, 5.41) is 7.27. The summed E-state index contributed by atoms with van der Waals surface area (Å²) < 4.78 is 7.20. The number of benzene rings is 8. The van der Waals surface area contributed by atoms with Crippen LogP contribution >= 0.6 is 22.7 Å². The molecule has 3 aromatic heterocycles. The summed E-state index contributed by atoms with van der Waals surface area (Å²) in [5.41, 5.74) is 11.2. The molecule has 0 N–H and O–H groups in total. The van der Waals surface area contributed by atoms with Crippen molar-refractivity contribution in [2.75, 3.05) is 0 Å². The lowest BCUT2D eigenvalue weighted by molar-refractivity contribution is 1.20. The maximum Gasteiger partial charge on any atom is 0.205 e. The van der Waals surface area contributed by atoms with Crippen LogP contribution in [0, 0.1) is 6.57 Å². The first kappa shape index (κ1) is 30.1. The van der Waals surface area contributed by atoms with E-state index in [0.717, 1.165) is 32.4 Å². The Kier molecular flexibility index (Phi) is 6.69. The van der Waals surface area contributed by atoms with Crippen LogP contribution in [-0.4, -0.2) is 4.57 Å². The van der Waals surface area contributed by atoms with E-state index in [1.54, 1.807) is 11.3 Å². The molecule has 0 atom stereocenters. The molecule has 53 heavy (non-hydrogen) atoms. The molecule has 4 heteroatoms. The second-order valence-corrected chi connectivity index (χ2v) is 15.7. The standard InChI is InChI=1S/C49H28N2S2/c1-50-41-29-34(35-17-11-21-46-47(35)37-16-8-9-20-45(37)52-46)28-40-36-18-10-19-44(49(36)53-48(40)41)51-42-24-22-32(30-12-4-2-5-13-30)26-38(42)39-27-33(23-25-43(39)51)31-14-6-3-7-15-31/h2-29H. The predicted molar refractivity (Wildman–Crippen MR) is 229 cm³/mol. The number of nitrogens with zero attached hydrogens (tertiary/aromatic N) is 2. The van der Waals surface area contributed by atoms with E-state index >= 15 is 0 Å². The van der Waals surface area contributed by atoms with E-state index < -0.39 is 0 Å². The van der Waals surface area contributed by atoms with E-state index in [-0.39, 0.29) is 0 Å². The minimum atomic E-state index is 0.698. The monoisotopic (exact) mass is 708 g/mol. The molecule has 11 aromatic rings. The van der Waals surface area contributed by atoms with Crippen molar-refractivity contribution in [1.29, 1.82) is 0 Å². The maximum atomic E-state index is 8.34. The molecule has 0 aliphatic heterocycles. The molecule has 0 fully saturated rings. The van der Waals surface area contributed by atoms with E-state index in [2.05, 4.69) is 179 Å². The number of thiophene rings is 2. The Bertz CT molecular complexity index is 3190. The molecular weight excluding hydrogens is 681 g/mol. The summed E-state index contributed by atoms with van der Waals surface area (Å²) in [6.07, 6.45) is 0. The normalized spacial score (nSPS) is 11.8. The van der Waals surface area contributed by atoms with Gasteiger partial charge in [-0.05, 0) is 93.4 Å². The molecule has 0 spiro atoms. The van der Waals surface area contributed by atoms with Crippen molar-refractivity contribution in [3.8, 4) is 39.1 Å². The molecule has 0 saturated heterocycles. The number of aromatic nitrogens is 1. The quantitative estimate of drug-likeness (QED) is 0.161. The largest absolute Gasteiger partial charge is 0.308 e. The second kappa shape index (κ2) is 11.8. The van der Waals surface area contributed by atoms with Gasteiger partial charge in [0.2, 0.25) is 5.69 Å². The Morgan fingerprint density at radius 1 is 0.415 bits per heavy atom. The van der Waals surface area contributed by atoms with Crippen LogP contribution in [0.1, 0.15) is 0 Å². The van der Waals surface area contributed by atoms with Crippen LogP contribution in [0.5, 0.6) is 0 Å². The van der Waals surface area contributed by atoms with Gasteiger partial charge in [0.05, 0.1) is 28.0 Å². The topological polar surface area (TPSA) is 9.29 Å². The summed E-state index contributed by atoms with van der Waals surface area (Å²) in [4.78, 5) is 4.14. The first-order valence-corrected chi connectivity index (χ1v) is 19.3. The van der Waals surface area contributed by atoms with Crippen LogP contribution in [0.2, 0.25) is 0 Å². The molecule has 0 aliphatic rings. The van der Waals surface area contributed by atoms with Crippen molar-refractivity contribution < 1.29 is 0 Å². The molecule has 11 rings (SSSR count). The molecule has 3 heterocycles. The summed E-state index contributed by atoms with van der Waals surface area (Å²) in [6.45, 7) is 8.34. The van der Waals surface area contributed by atoms with Gasteiger partial charge in [0, 0.05) is 41.0 Å². The Morgan fingerprint density at radius 3 is 1.72 bits per heavy atom. The molecule has 246 valence electrons. The molecule has 0 radical (unpaired) electrons. The summed E-state index contributed by atoms with van der Waals surface area (Å²) in [5.74, 6) is 0. The van der Waals surface area contributed by atoms with Gasteiger partial charge in [-0.15, -0.1) is 22.7 Å². The number of hydrogen-bond acceptors (Lipinski definition) is 2. The van der Waals surface area contributed by atoms with Crippen LogP contribution in [0.3, 0.4) is 0 Å². The zero-order valence-electron chi connectivity index (χ0n) is 28.4. The fraction of sp³-hybridized carbons (Fsp3) is 0. The fourth-order valence-corrected chi connectivity index (χ4v) is 10.6.